The fraction of sp³-hybridized carbons (Fsp3) is 0.120. The van der Waals surface area contributed by atoms with E-state index in [1.54, 1.807) is 11.3 Å². The molecule has 0 bridgehead atoms. The van der Waals surface area contributed by atoms with Gasteiger partial charge < -0.3 is 14.6 Å². The van der Waals surface area contributed by atoms with Gasteiger partial charge in [0, 0.05) is 11.5 Å². The van der Waals surface area contributed by atoms with Gasteiger partial charge in [-0.25, -0.2) is 4.98 Å². The summed E-state index contributed by atoms with van der Waals surface area (Å²) >= 11 is 1.56. The van der Waals surface area contributed by atoms with Gasteiger partial charge in [-0.05, 0) is 48.3 Å². The number of carbonyl (C=O) groups is 1. The van der Waals surface area contributed by atoms with Gasteiger partial charge in [-0.3, -0.25) is 0 Å². The van der Waals surface area contributed by atoms with Crippen molar-refractivity contribution in [3.63, 3.8) is 0 Å². The van der Waals surface area contributed by atoms with Gasteiger partial charge in [-0.1, -0.05) is 60.7 Å². The molecule has 0 fully saturated rings. The summed E-state index contributed by atoms with van der Waals surface area (Å²) in [5.41, 5.74) is 3.74. The number of carbonyl (C=O) groups excluding carboxylic acids is 1. The summed E-state index contributed by atoms with van der Waals surface area (Å²) in [5.74, 6) is -0.330. The van der Waals surface area contributed by atoms with E-state index < -0.39 is 5.97 Å². The number of allylic oxidation sites excluding steroid dienone is 1. The molecule has 4 aromatic rings. The molecule has 30 heavy (non-hydrogen) atoms. The molecule has 0 radical (unpaired) electrons. The number of nitrogens with zero attached hydrogens (tertiary/aromatic N) is 1. The van der Waals surface area contributed by atoms with Crippen LogP contribution in [-0.2, 0) is 11.4 Å². The highest BCUT2D eigenvalue weighted by Gasteiger charge is 2.11. The van der Waals surface area contributed by atoms with Crippen molar-refractivity contribution >= 4 is 39.2 Å². The Kier molecular flexibility index (Phi) is 6.20. The van der Waals surface area contributed by atoms with Crippen LogP contribution in [0.2, 0.25) is 0 Å². The number of aliphatic carboxylic acids is 1. The van der Waals surface area contributed by atoms with Crippen molar-refractivity contribution in [3.8, 4) is 5.75 Å². The topological polar surface area (TPSA) is 62.2 Å². The van der Waals surface area contributed by atoms with E-state index >= 15 is 0 Å². The summed E-state index contributed by atoms with van der Waals surface area (Å²) < 4.78 is 7.12. The third-order valence-electron chi connectivity index (χ3n) is 4.65. The standard InChI is InChI=1S/C25H21NO3S/c27-24(28)15-14-20(25-26-21-11-5-7-13-23(21)30-25)16-19-10-4-6-12-22(19)29-17-18-8-2-1-3-9-18/h1-13,16H,14-15,17H2,(H,27,28)/p-1/b20-16+. The van der Waals surface area contributed by atoms with E-state index in [4.69, 9.17) is 9.72 Å². The van der Waals surface area contributed by atoms with Crippen molar-refractivity contribution in [1.29, 1.82) is 0 Å². The normalized spacial score (nSPS) is 11.5. The van der Waals surface area contributed by atoms with Crippen LogP contribution < -0.4 is 9.84 Å². The zero-order valence-corrected chi connectivity index (χ0v) is 17.1. The molecular formula is C25H20NO3S-. The number of thiazole rings is 1. The lowest BCUT2D eigenvalue weighted by atomic mass is 10.1. The molecule has 0 atom stereocenters. The number of carboxylic acids is 1. The molecule has 0 aliphatic heterocycles. The number of fused-ring (bicyclic) bond motifs is 1. The lowest BCUT2D eigenvalue weighted by molar-refractivity contribution is -0.305. The molecular weight excluding hydrogens is 394 g/mol. The summed E-state index contributed by atoms with van der Waals surface area (Å²) in [6, 6.07) is 25.6. The van der Waals surface area contributed by atoms with Gasteiger partial charge in [0.15, 0.2) is 0 Å². The maximum Gasteiger partial charge on any atom is 0.127 e. The molecule has 150 valence electrons. The number of benzene rings is 3. The molecule has 0 aliphatic carbocycles. The van der Waals surface area contributed by atoms with Crippen LogP contribution in [0.4, 0.5) is 0 Å². The first-order valence-corrected chi connectivity index (χ1v) is 10.5. The minimum Gasteiger partial charge on any atom is -0.550 e. The van der Waals surface area contributed by atoms with Gasteiger partial charge in [0.25, 0.3) is 0 Å². The van der Waals surface area contributed by atoms with Gasteiger partial charge in [-0.2, -0.15) is 0 Å². The third kappa shape index (κ3) is 4.93. The van der Waals surface area contributed by atoms with E-state index in [2.05, 4.69) is 0 Å². The summed E-state index contributed by atoms with van der Waals surface area (Å²) in [4.78, 5) is 15.8. The third-order valence-corrected chi connectivity index (χ3v) is 5.76. The van der Waals surface area contributed by atoms with Gasteiger partial charge in [0.2, 0.25) is 0 Å². The van der Waals surface area contributed by atoms with Crippen LogP contribution in [0.1, 0.15) is 29.0 Å². The Balaban J connectivity index is 1.66. The predicted molar refractivity (Wildman–Crippen MR) is 119 cm³/mol. The first kappa shape index (κ1) is 19.9. The molecule has 4 nitrogen and oxygen atoms in total. The second-order valence-corrected chi connectivity index (χ2v) is 7.87. The molecule has 5 heteroatoms. The van der Waals surface area contributed by atoms with Crippen LogP contribution in [0.15, 0.2) is 78.9 Å². The van der Waals surface area contributed by atoms with Crippen molar-refractivity contribution < 1.29 is 14.6 Å². The predicted octanol–water partition coefficient (Wildman–Crippen LogP) is 4.95. The van der Waals surface area contributed by atoms with E-state index in [1.807, 2.05) is 84.9 Å². The molecule has 4 rings (SSSR count). The van der Waals surface area contributed by atoms with Gasteiger partial charge in [0.05, 0.1) is 10.2 Å². The Morgan fingerprint density at radius 1 is 0.933 bits per heavy atom. The van der Waals surface area contributed by atoms with Crippen molar-refractivity contribution in [3.05, 3.63) is 95.0 Å². The van der Waals surface area contributed by atoms with E-state index in [0.717, 1.165) is 37.7 Å². The minimum absolute atomic E-state index is 0.0607. The lowest BCUT2D eigenvalue weighted by Gasteiger charge is -2.11. The molecule has 0 spiro atoms. The van der Waals surface area contributed by atoms with Crippen LogP contribution in [0, 0.1) is 0 Å². The number of hydrogen-bond donors (Lipinski definition) is 0. The Labute approximate surface area is 179 Å². The SMILES string of the molecule is O=C([O-])CC/C(=C\c1ccccc1OCc1ccccc1)c1nc2ccccc2s1. The largest absolute Gasteiger partial charge is 0.550 e. The fourth-order valence-electron chi connectivity index (χ4n) is 3.14. The second-order valence-electron chi connectivity index (χ2n) is 6.84. The summed E-state index contributed by atoms with van der Waals surface area (Å²) in [6.07, 6.45) is 2.25. The zero-order valence-electron chi connectivity index (χ0n) is 16.3. The van der Waals surface area contributed by atoms with Crippen molar-refractivity contribution in [1.82, 2.24) is 4.98 Å². The van der Waals surface area contributed by atoms with E-state index in [-0.39, 0.29) is 6.42 Å². The quantitative estimate of drug-likeness (QED) is 0.409. The van der Waals surface area contributed by atoms with Crippen LogP contribution in [0.3, 0.4) is 0 Å². The number of hydrogen-bond acceptors (Lipinski definition) is 5. The molecule has 0 saturated heterocycles. The number of aromatic nitrogens is 1. The molecule has 0 aliphatic rings. The maximum atomic E-state index is 11.1. The number of para-hydroxylation sites is 2. The molecule has 0 saturated carbocycles. The van der Waals surface area contributed by atoms with Gasteiger partial charge in [0.1, 0.15) is 17.4 Å². The molecule has 3 aromatic carbocycles. The Bertz CT molecular complexity index is 1150. The first-order chi connectivity index (χ1) is 14.7. The van der Waals surface area contributed by atoms with Crippen LogP contribution >= 0.6 is 11.3 Å². The molecule has 0 amide bonds. The first-order valence-electron chi connectivity index (χ1n) is 9.71. The fourth-order valence-corrected chi connectivity index (χ4v) is 4.15. The monoisotopic (exact) mass is 414 g/mol. The zero-order chi connectivity index (χ0) is 20.8. The summed E-state index contributed by atoms with van der Waals surface area (Å²) in [6.45, 7) is 0.460. The Morgan fingerprint density at radius 2 is 1.67 bits per heavy atom. The Morgan fingerprint density at radius 3 is 2.47 bits per heavy atom. The molecule has 0 N–H and O–H groups in total. The highest BCUT2D eigenvalue weighted by Crippen LogP contribution is 2.32. The van der Waals surface area contributed by atoms with Crippen molar-refractivity contribution in [2.45, 2.75) is 19.4 Å². The highest BCUT2D eigenvalue weighted by atomic mass is 32.1. The smallest absolute Gasteiger partial charge is 0.127 e. The maximum absolute atomic E-state index is 11.1. The van der Waals surface area contributed by atoms with Crippen LogP contribution in [-0.4, -0.2) is 11.0 Å². The van der Waals surface area contributed by atoms with Gasteiger partial charge >= 0.3 is 0 Å². The average molecular weight is 415 g/mol. The van der Waals surface area contributed by atoms with E-state index in [1.165, 1.54) is 0 Å². The number of carboxylic acid groups (broad SMARTS) is 1. The number of rotatable bonds is 8. The lowest BCUT2D eigenvalue weighted by Crippen LogP contribution is -2.21. The molecule has 1 heterocycles. The minimum atomic E-state index is -1.07. The van der Waals surface area contributed by atoms with Crippen molar-refractivity contribution in [2.75, 3.05) is 0 Å². The Hall–Kier alpha value is -3.44. The summed E-state index contributed by atoms with van der Waals surface area (Å²) in [5, 5.41) is 11.9. The van der Waals surface area contributed by atoms with E-state index in [9.17, 15) is 9.90 Å². The molecule has 1 aromatic heterocycles. The number of ether oxygens (including phenoxy) is 1. The van der Waals surface area contributed by atoms with Gasteiger partial charge in [-0.15, -0.1) is 11.3 Å². The van der Waals surface area contributed by atoms with Crippen LogP contribution in [0.25, 0.3) is 21.9 Å². The average Bonchev–Trinajstić information content (AvgIpc) is 3.20. The van der Waals surface area contributed by atoms with Crippen molar-refractivity contribution in [2.24, 2.45) is 0 Å². The highest BCUT2D eigenvalue weighted by molar-refractivity contribution is 7.19. The molecule has 0 unspecified atom stereocenters. The second kappa shape index (κ2) is 9.37. The van der Waals surface area contributed by atoms with E-state index in [0.29, 0.717) is 13.0 Å². The summed E-state index contributed by atoms with van der Waals surface area (Å²) in [7, 11) is 0. The van der Waals surface area contributed by atoms with Crippen LogP contribution in [0.5, 0.6) is 5.75 Å².